The summed E-state index contributed by atoms with van der Waals surface area (Å²) < 4.78 is 4.96. The molecule has 0 saturated heterocycles. The number of carbonyl (C=O) groups excluding carboxylic acids is 1. The van der Waals surface area contributed by atoms with E-state index in [1.165, 1.54) is 11.0 Å². The third-order valence-corrected chi connectivity index (χ3v) is 1.71. The molecular formula is C10H17NO4. The summed E-state index contributed by atoms with van der Waals surface area (Å²) in [5, 5.41) is 8.60. The van der Waals surface area contributed by atoms with Crippen molar-refractivity contribution in [1.29, 1.82) is 0 Å². The van der Waals surface area contributed by atoms with Crippen molar-refractivity contribution in [2.24, 2.45) is 0 Å². The lowest BCUT2D eigenvalue weighted by Crippen LogP contribution is -2.42. The topological polar surface area (TPSA) is 66.8 Å². The molecular weight excluding hydrogens is 198 g/mol. The van der Waals surface area contributed by atoms with Gasteiger partial charge in [0.05, 0.1) is 6.61 Å². The van der Waals surface area contributed by atoms with Gasteiger partial charge in [-0.1, -0.05) is 6.08 Å². The number of aliphatic carboxylic acids is 1. The molecule has 0 unspecified atom stereocenters. The zero-order valence-corrected chi connectivity index (χ0v) is 9.10. The lowest BCUT2D eigenvalue weighted by Gasteiger charge is -2.24. The second-order valence-corrected chi connectivity index (χ2v) is 3.31. The molecule has 0 fully saturated rings. The van der Waals surface area contributed by atoms with Crippen LogP contribution >= 0.6 is 0 Å². The minimum atomic E-state index is -1.03. The Labute approximate surface area is 89.3 Å². The van der Waals surface area contributed by atoms with Crippen molar-refractivity contribution in [2.45, 2.75) is 19.9 Å². The van der Waals surface area contributed by atoms with Crippen molar-refractivity contribution in [2.75, 3.05) is 19.8 Å². The summed E-state index contributed by atoms with van der Waals surface area (Å²) in [5.41, 5.74) is 0. The molecule has 0 aromatic rings. The highest BCUT2D eigenvalue weighted by Gasteiger charge is 2.19. The summed E-state index contributed by atoms with van der Waals surface area (Å²) >= 11 is 0. The molecule has 0 rings (SSSR count). The largest absolute Gasteiger partial charge is 0.480 e. The first-order valence-corrected chi connectivity index (χ1v) is 4.69. The monoisotopic (exact) mass is 215 g/mol. The third kappa shape index (κ3) is 5.85. The molecule has 0 aliphatic carbocycles. The molecule has 0 aliphatic heterocycles. The maximum absolute atomic E-state index is 11.5. The van der Waals surface area contributed by atoms with Gasteiger partial charge < -0.3 is 14.7 Å². The van der Waals surface area contributed by atoms with Crippen LogP contribution in [0.3, 0.4) is 0 Å². The van der Waals surface area contributed by atoms with Crippen LogP contribution in [0.15, 0.2) is 12.7 Å². The average molecular weight is 215 g/mol. The number of hydrogen-bond acceptors (Lipinski definition) is 3. The maximum atomic E-state index is 11.5. The van der Waals surface area contributed by atoms with Gasteiger partial charge in [0.15, 0.2) is 0 Å². The summed E-state index contributed by atoms with van der Waals surface area (Å²) in [6, 6.07) is -0.152. The van der Waals surface area contributed by atoms with E-state index in [-0.39, 0.29) is 31.7 Å². The lowest BCUT2D eigenvalue weighted by atomic mass is 10.3. The molecule has 0 aliphatic rings. The number of carbonyl (C=O) groups is 2. The van der Waals surface area contributed by atoms with Gasteiger partial charge >= 0.3 is 5.97 Å². The lowest BCUT2D eigenvalue weighted by molar-refractivity contribution is -0.147. The minimum absolute atomic E-state index is 0.114. The van der Waals surface area contributed by atoms with Crippen LogP contribution in [0.5, 0.6) is 0 Å². The van der Waals surface area contributed by atoms with Crippen molar-refractivity contribution in [3.63, 3.8) is 0 Å². The van der Waals surface area contributed by atoms with E-state index >= 15 is 0 Å². The van der Waals surface area contributed by atoms with Crippen molar-refractivity contribution in [3.05, 3.63) is 12.7 Å². The summed E-state index contributed by atoms with van der Waals surface area (Å²) in [6.45, 7) is 6.83. The second kappa shape index (κ2) is 7.00. The third-order valence-electron chi connectivity index (χ3n) is 1.71. The fourth-order valence-electron chi connectivity index (χ4n) is 1.02. The number of nitrogens with zero attached hydrogens (tertiary/aromatic N) is 1. The summed E-state index contributed by atoms with van der Waals surface area (Å²) in [6.07, 6.45) is 1.53. The van der Waals surface area contributed by atoms with Crippen molar-refractivity contribution < 1.29 is 19.4 Å². The standard InChI is InChI=1S/C10H17NO4/c1-4-5-15-7-9(12)11(8(2)3)6-10(13)14/h4,8H,1,5-7H2,2-3H3,(H,13,14). The first-order valence-electron chi connectivity index (χ1n) is 4.69. The second-order valence-electron chi connectivity index (χ2n) is 3.31. The van der Waals surface area contributed by atoms with Crippen LogP contribution in [0, 0.1) is 0 Å². The van der Waals surface area contributed by atoms with Gasteiger partial charge in [-0.2, -0.15) is 0 Å². The quantitative estimate of drug-likeness (QED) is 0.496. The molecule has 5 heteroatoms. The van der Waals surface area contributed by atoms with E-state index in [0.29, 0.717) is 0 Å². The number of carboxylic acids is 1. The van der Waals surface area contributed by atoms with Gasteiger partial charge in [-0.15, -0.1) is 6.58 Å². The van der Waals surface area contributed by atoms with E-state index < -0.39 is 5.97 Å². The predicted octanol–water partition coefficient (Wildman–Crippen LogP) is 0.511. The molecule has 0 bridgehead atoms. The molecule has 5 nitrogen and oxygen atoms in total. The zero-order chi connectivity index (χ0) is 11.8. The van der Waals surface area contributed by atoms with Gasteiger partial charge in [-0.25, -0.2) is 0 Å². The molecule has 0 heterocycles. The Morgan fingerprint density at radius 3 is 2.53 bits per heavy atom. The Kier molecular flexibility index (Phi) is 6.37. The van der Waals surface area contributed by atoms with E-state index in [0.717, 1.165) is 0 Å². The molecule has 0 saturated carbocycles. The smallest absolute Gasteiger partial charge is 0.323 e. The van der Waals surface area contributed by atoms with Crippen LogP contribution in [-0.2, 0) is 14.3 Å². The number of rotatable bonds is 7. The van der Waals surface area contributed by atoms with E-state index in [1.807, 2.05) is 0 Å². The van der Waals surface area contributed by atoms with Crippen LogP contribution in [0.1, 0.15) is 13.8 Å². The highest BCUT2D eigenvalue weighted by molar-refractivity contribution is 5.82. The minimum Gasteiger partial charge on any atom is -0.480 e. The Bertz CT molecular complexity index is 238. The van der Waals surface area contributed by atoms with Crippen LogP contribution in [0.25, 0.3) is 0 Å². The molecule has 0 spiro atoms. The van der Waals surface area contributed by atoms with E-state index in [1.54, 1.807) is 13.8 Å². The number of ether oxygens (including phenoxy) is 1. The van der Waals surface area contributed by atoms with Crippen molar-refractivity contribution in [3.8, 4) is 0 Å². The van der Waals surface area contributed by atoms with E-state index in [4.69, 9.17) is 9.84 Å². The van der Waals surface area contributed by atoms with Gasteiger partial charge in [-0.3, -0.25) is 9.59 Å². The fraction of sp³-hybridized carbons (Fsp3) is 0.600. The van der Waals surface area contributed by atoms with Crippen LogP contribution in [-0.4, -0.2) is 47.7 Å². The molecule has 1 N–H and O–H groups in total. The fourth-order valence-corrected chi connectivity index (χ4v) is 1.02. The van der Waals surface area contributed by atoms with Gasteiger partial charge in [0.1, 0.15) is 13.2 Å². The maximum Gasteiger partial charge on any atom is 0.323 e. The first-order chi connectivity index (χ1) is 6.99. The normalized spacial score (nSPS) is 10.1. The van der Waals surface area contributed by atoms with Crippen molar-refractivity contribution >= 4 is 11.9 Å². The first kappa shape index (κ1) is 13.6. The Balaban J connectivity index is 4.16. The molecule has 86 valence electrons. The van der Waals surface area contributed by atoms with Crippen LogP contribution < -0.4 is 0 Å². The molecule has 0 aromatic heterocycles. The number of amides is 1. The molecule has 0 atom stereocenters. The van der Waals surface area contributed by atoms with Gasteiger partial charge in [0.2, 0.25) is 5.91 Å². The number of hydrogen-bond donors (Lipinski definition) is 1. The van der Waals surface area contributed by atoms with Gasteiger partial charge in [-0.05, 0) is 13.8 Å². The molecule has 0 radical (unpaired) electrons. The van der Waals surface area contributed by atoms with E-state index in [9.17, 15) is 9.59 Å². The van der Waals surface area contributed by atoms with Gasteiger partial charge in [0.25, 0.3) is 0 Å². The summed E-state index contributed by atoms with van der Waals surface area (Å²) in [4.78, 5) is 23.3. The van der Waals surface area contributed by atoms with Crippen LogP contribution in [0.2, 0.25) is 0 Å². The Morgan fingerprint density at radius 2 is 2.13 bits per heavy atom. The van der Waals surface area contributed by atoms with Crippen molar-refractivity contribution in [1.82, 2.24) is 4.90 Å². The highest BCUT2D eigenvalue weighted by Crippen LogP contribution is 1.99. The predicted molar refractivity (Wildman–Crippen MR) is 55.5 cm³/mol. The highest BCUT2D eigenvalue weighted by atomic mass is 16.5. The molecule has 15 heavy (non-hydrogen) atoms. The average Bonchev–Trinajstić information content (AvgIpc) is 2.13. The Morgan fingerprint density at radius 1 is 1.53 bits per heavy atom. The van der Waals surface area contributed by atoms with Gasteiger partial charge in [0, 0.05) is 6.04 Å². The zero-order valence-electron chi connectivity index (χ0n) is 9.10. The SMILES string of the molecule is C=CCOCC(=O)N(CC(=O)O)C(C)C. The van der Waals surface area contributed by atoms with Crippen LogP contribution in [0.4, 0.5) is 0 Å². The molecule has 1 amide bonds. The number of carboxylic acid groups (broad SMARTS) is 1. The van der Waals surface area contributed by atoms with E-state index in [2.05, 4.69) is 6.58 Å². The summed E-state index contributed by atoms with van der Waals surface area (Å²) in [7, 11) is 0. The summed E-state index contributed by atoms with van der Waals surface area (Å²) in [5.74, 6) is -1.35. The Hall–Kier alpha value is -1.36. The molecule has 0 aromatic carbocycles.